The molecule has 0 aliphatic heterocycles. The van der Waals surface area contributed by atoms with Crippen LogP contribution in [0, 0.1) is 0 Å². The molecule has 0 radical (unpaired) electrons. The van der Waals surface area contributed by atoms with E-state index in [9.17, 15) is 22.8 Å². The maximum absolute atomic E-state index is 12.2. The lowest BCUT2D eigenvalue weighted by molar-refractivity contribution is -0.274. The fraction of sp³-hybridized carbons (Fsp3) is 0.333. The van der Waals surface area contributed by atoms with Crippen molar-refractivity contribution < 1.29 is 37.0 Å². The highest BCUT2D eigenvalue weighted by Gasteiger charge is 2.31. The number of halogens is 4. The first-order valence-electron chi connectivity index (χ1n) is 7.04. The van der Waals surface area contributed by atoms with Gasteiger partial charge in [0.2, 0.25) is 0 Å². The van der Waals surface area contributed by atoms with Crippen molar-refractivity contribution in [3.05, 3.63) is 34.4 Å². The number of hydrogen-bond donors (Lipinski definition) is 1. The second-order valence-electron chi connectivity index (χ2n) is 4.34. The second kappa shape index (κ2) is 9.30. The van der Waals surface area contributed by atoms with Crippen LogP contribution in [0.4, 0.5) is 18.9 Å². The van der Waals surface area contributed by atoms with Crippen molar-refractivity contribution in [3.8, 4) is 5.75 Å². The minimum Gasteiger partial charge on any atom is -0.463 e. The lowest BCUT2D eigenvalue weighted by atomic mass is 10.2. The number of alkyl halides is 3. The zero-order chi connectivity index (χ0) is 19.0. The number of esters is 2. The molecule has 0 amide bonds. The summed E-state index contributed by atoms with van der Waals surface area (Å²) in [5.41, 5.74) is -0.0105. The Hall–Kier alpha value is -2.23. The van der Waals surface area contributed by atoms with Gasteiger partial charge in [0.25, 0.3) is 0 Å². The summed E-state index contributed by atoms with van der Waals surface area (Å²) in [6.45, 7) is 3.36. The van der Waals surface area contributed by atoms with Crippen LogP contribution < -0.4 is 10.1 Å². The van der Waals surface area contributed by atoms with Gasteiger partial charge in [-0.1, -0.05) is 0 Å². The summed E-state index contributed by atoms with van der Waals surface area (Å²) >= 11 is 3.06. The summed E-state index contributed by atoms with van der Waals surface area (Å²) in [6, 6.07) is 3.35. The lowest BCUT2D eigenvalue weighted by Crippen LogP contribution is -2.18. The molecular formula is C15H15BrF3NO5. The summed E-state index contributed by atoms with van der Waals surface area (Å²) in [7, 11) is 0. The zero-order valence-electron chi connectivity index (χ0n) is 13.3. The molecule has 25 heavy (non-hydrogen) atoms. The van der Waals surface area contributed by atoms with Crippen molar-refractivity contribution >= 4 is 33.6 Å². The number of nitrogens with one attached hydrogen (secondary N) is 1. The van der Waals surface area contributed by atoms with Crippen LogP contribution in [-0.4, -0.2) is 31.5 Å². The van der Waals surface area contributed by atoms with Gasteiger partial charge < -0.3 is 19.5 Å². The molecule has 0 unspecified atom stereocenters. The standard InChI is InChI=1S/C15H15BrF3NO5/c1-3-23-13(21)8-12(14(22)24-4-2)20-11-6-5-9(7-10(11)16)25-15(17,18)19/h5-8,20H,3-4H2,1-2H3/b12-8-. The van der Waals surface area contributed by atoms with Gasteiger partial charge in [-0.3, -0.25) is 0 Å². The largest absolute Gasteiger partial charge is 0.573 e. The van der Waals surface area contributed by atoms with E-state index < -0.39 is 24.1 Å². The smallest absolute Gasteiger partial charge is 0.463 e. The molecule has 6 nitrogen and oxygen atoms in total. The molecule has 0 saturated carbocycles. The van der Waals surface area contributed by atoms with Crippen molar-refractivity contribution in [2.75, 3.05) is 18.5 Å². The average molecular weight is 426 g/mol. The van der Waals surface area contributed by atoms with Crippen molar-refractivity contribution in [3.63, 3.8) is 0 Å². The second-order valence-corrected chi connectivity index (χ2v) is 5.20. The van der Waals surface area contributed by atoms with Crippen LogP contribution in [-0.2, 0) is 19.1 Å². The maximum Gasteiger partial charge on any atom is 0.573 e. The first kappa shape index (κ1) is 20.8. The molecule has 0 bridgehead atoms. The van der Waals surface area contributed by atoms with Gasteiger partial charge in [-0.15, -0.1) is 13.2 Å². The molecule has 1 aromatic rings. The first-order chi connectivity index (χ1) is 11.7. The fourth-order valence-corrected chi connectivity index (χ4v) is 2.05. The van der Waals surface area contributed by atoms with Crippen molar-refractivity contribution in [2.45, 2.75) is 20.2 Å². The molecule has 1 N–H and O–H groups in total. The van der Waals surface area contributed by atoms with E-state index >= 15 is 0 Å². The topological polar surface area (TPSA) is 73.9 Å². The highest BCUT2D eigenvalue weighted by Crippen LogP contribution is 2.31. The summed E-state index contributed by atoms with van der Waals surface area (Å²) in [4.78, 5) is 23.4. The van der Waals surface area contributed by atoms with Gasteiger partial charge in [0.1, 0.15) is 11.4 Å². The number of carbonyl (C=O) groups excluding carboxylic acids is 2. The van der Waals surface area contributed by atoms with Crippen molar-refractivity contribution in [1.29, 1.82) is 0 Å². The van der Waals surface area contributed by atoms with E-state index in [4.69, 9.17) is 9.47 Å². The molecule has 138 valence electrons. The van der Waals surface area contributed by atoms with Crippen molar-refractivity contribution in [2.24, 2.45) is 0 Å². The number of rotatable bonds is 7. The fourth-order valence-electron chi connectivity index (χ4n) is 1.60. The molecule has 0 atom stereocenters. The number of anilines is 1. The molecule has 0 saturated heterocycles. The van der Waals surface area contributed by atoms with Crippen LogP contribution in [0.15, 0.2) is 34.4 Å². The SMILES string of the molecule is CCOC(=O)/C=C(\Nc1ccc(OC(F)(F)F)cc1Br)C(=O)OCC. The third-order valence-electron chi connectivity index (χ3n) is 2.49. The van der Waals surface area contributed by atoms with Gasteiger partial charge in [-0.25, -0.2) is 9.59 Å². The van der Waals surface area contributed by atoms with Crippen LogP contribution in [0.5, 0.6) is 5.75 Å². The van der Waals surface area contributed by atoms with Crippen LogP contribution in [0.25, 0.3) is 0 Å². The van der Waals surface area contributed by atoms with E-state index in [0.717, 1.165) is 18.2 Å². The molecular weight excluding hydrogens is 411 g/mol. The van der Waals surface area contributed by atoms with E-state index in [0.29, 0.717) is 0 Å². The Bertz CT molecular complexity index is 661. The van der Waals surface area contributed by atoms with Gasteiger partial charge in [0, 0.05) is 4.47 Å². The highest BCUT2D eigenvalue weighted by atomic mass is 79.9. The summed E-state index contributed by atoms with van der Waals surface area (Å²) in [5, 5.41) is 2.61. The lowest BCUT2D eigenvalue weighted by Gasteiger charge is -2.14. The van der Waals surface area contributed by atoms with Crippen LogP contribution in [0.1, 0.15) is 13.8 Å². The quantitative estimate of drug-likeness (QED) is 0.529. The van der Waals surface area contributed by atoms with Gasteiger partial charge in [0.05, 0.1) is 25.0 Å². The van der Waals surface area contributed by atoms with E-state index in [1.54, 1.807) is 13.8 Å². The van der Waals surface area contributed by atoms with E-state index in [1.807, 2.05) is 0 Å². The molecule has 0 fully saturated rings. The predicted molar refractivity (Wildman–Crippen MR) is 85.8 cm³/mol. The van der Waals surface area contributed by atoms with Crippen LogP contribution >= 0.6 is 15.9 Å². The highest BCUT2D eigenvalue weighted by molar-refractivity contribution is 9.10. The third kappa shape index (κ3) is 7.46. The maximum atomic E-state index is 12.2. The van der Waals surface area contributed by atoms with Gasteiger partial charge in [0.15, 0.2) is 0 Å². The van der Waals surface area contributed by atoms with Crippen LogP contribution in [0.3, 0.4) is 0 Å². The number of ether oxygens (including phenoxy) is 3. The molecule has 1 rings (SSSR count). The molecule has 0 aliphatic rings. The Morgan fingerprint density at radius 3 is 2.36 bits per heavy atom. The zero-order valence-corrected chi connectivity index (χ0v) is 14.9. The first-order valence-corrected chi connectivity index (χ1v) is 7.83. The minimum atomic E-state index is -4.83. The predicted octanol–water partition coefficient (Wildman–Crippen LogP) is 3.77. The Labute approximate surface area is 150 Å². The van der Waals surface area contributed by atoms with E-state index in [-0.39, 0.29) is 29.1 Å². The monoisotopic (exact) mass is 425 g/mol. The molecule has 0 aliphatic carbocycles. The molecule has 1 aromatic carbocycles. The summed E-state index contributed by atoms with van der Waals surface area (Å²) in [5.74, 6) is -2.04. The Kier molecular flexibility index (Phi) is 7.75. The average Bonchev–Trinajstić information content (AvgIpc) is 2.48. The van der Waals surface area contributed by atoms with Gasteiger partial charge in [-0.2, -0.15) is 0 Å². The summed E-state index contributed by atoms with van der Waals surface area (Å²) in [6.07, 6.45) is -3.93. The Morgan fingerprint density at radius 2 is 1.84 bits per heavy atom. The molecule has 0 heterocycles. The van der Waals surface area contributed by atoms with Gasteiger partial charge in [-0.05, 0) is 48.0 Å². The van der Waals surface area contributed by atoms with Crippen molar-refractivity contribution in [1.82, 2.24) is 0 Å². The molecule has 0 aromatic heterocycles. The minimum absolute atomic E-state index is 0.0697. The number of benzene rings is 1. The summed E-state index contributed by atoms with van der Waals surface area (Å²) < 4.78 is 50.1. The third-order valence-corrected chi connectivity index (χ3v) is 3.14. The Balaban J connectivity index is 3.03. The van der Waals surface area contributed by atoms with E-state index in [1.165, 1.54) is 6.07 Å². The molecule has 10 heteroatoms. The van der Waals surface area contributed by atoms with Gasteiger partial charge >= 0.3 is 18.3 Å². The Morgan fingerprint density at radius 1 is 1.20 bits per heavy atom. The normalized spacial score (nSPS) is 11.7. The molecule has 0 spiro atoms. The van der Waals surface area contributed by atoms with Crippen LogP contribution in [0.2, 0.25) is 0 Å². The number of hydrogen-bond acceptors (Lipinski definition) is 6. The number of carbonyl (C=O) groups is 2. The van der Waals surface area contributed by atoms with E-state index in [2.05, 4.69) is 26.0 Å².